The van der Waals surface area contributed by atoms with Crippen molar-refractivity contribution in [2.75, 3.05) is 24.5 Å². The van der Waals surface area contributed by atoms with E-state index in [1.807, 2.05) is 48.5 Å². The number of likely N-dealkylation sites (tertiary alicyclic amines) is 1. The van der Waals surface area contributed by atoms with Crippen LogP contribution in [0.25, 0.3) is 11.1 Å². The molecule has 0 aromatic heterocycles. The number of benzene rings is 3. The molecule has 3 aromatic carbocycles. The SMILES string of the molecule is CC(C)(C)CCCC(=O)O.CC(C)(C)N1CC2CC(C1)C(S(=O)(=O)O)C2.CC(C)(C)N1CCC(C(=O)O)c2ccccc21.CC(C)(C)c1ccc(-c2ccccc2C(=O)O)cc1. The first-order valence-corrected chi connectivity index (χ1v) is 23.4. The van der Waals surface area contributed by atoms with Crippen molar-refractivity contribution in [1.29, 1.82) is 0 Å². The van der Waals surface area contributed by atoms with Gasteiger partial charge in [-0.3, -0.25) is 19.0 Å². The Hall–Kier alpha value is -4.26. The lowest BCUT2D eigenvalue weighted by molar-refractivity contribution is -0.139. The molecule has 1 saturated heterocycles. The Morgan fingerprint density at radius 2 is 1.31 bits per heavy atom. The highest BCUT2D eigenvalue weighted by atomic mass is 32.2. The average Bonchev–Trinajstić information content (AvgIpc) is 3.46. The van der Waals surface area contributed by atoms with E-state index in [1.165, 1.54) is 5.56 Å². The molecule has 3 aliphatic rings. The molecule has 2 fully saturated rings. The number of carboxylic acids is 3. The van der Waals surface area contributed by atoms with E-state index in [2.05, 4.69) is 105 Å². The van der Waals surface area contributed by atoms with Crippen molar-refractivity contribution in [3.63, 3.8) is 0 Å². The van der Waals surface area contributed by atoms with E-state index in [1.54, 1.807) is 12.1 Å². The summed E-state index contributed by atoms with van der Waals surface area (Å²) in [5.74, 6) is -2.10. The summed E-state index contributed by atoms with van der Waals surface area (Å²) in [5, 5.41) is 26.3. The van der Waals surface area contributed by atoms with E-state index in [0.717, 1.165) is 61.3 Å². The van der Waals surface area contributed by atoms with Crippen molar-refractivity contribution in [1.82, 2.24) is 4.90 Å². The zero-order chi connectivity index (χ0) is 47.0. The molecule has 62 heavy (non-hydrogen) atoms. The second kappa shape index (κ2) is 20.9. The summed E-state index contributed by atoms with van der Waals surface area (Å²) in [6.07, 6.45) is 4.35. The van der Waals surface area contributed by atoms with Crippen LogP contribution in [0.2, 0.25) is 0 Å². The molecule has 1 aliphatic carbocycles. The van der Waals surface area contributed by atoms with Gasteiger partial charge >= 0.3 is 17.9 Å². The number of carbonyl (C=O) groups is 3. The van der Waals surface area contributed by atoms with Gasteiger partial charge in [-0.05, 0) is 131 Å². The number of nitrogens with zero attached hydrogens (tertiary/aromatic N) is 2. The van der Waals surface area contributed by atoms with Crippen LogP contribution in [0.5, 0.6) is 0 Å². The number of anilines is 1. The van der Waals surface area contributed by atoms with Gasteiger partial charge < -0.3 is 20.2 Å². The number of hydrogen-bond donors (Lipinski definition) is 4. The maximum atomic E-state index is 11.3. The molecule has 4 unspecified atom stereocenters. The molecule has 344 valence electrons. The molecular formula is C50H74N2O9S. The molecule has 1 saturated carbocycles. The highest BCUT2D eigenvalue weighted by Crippen LogP contribution is 2.42. The lowest BCUT2D eigenvalue weighted by Gasteiger charge is -2.43. The van der Waals surface area contributed by atoms with Crippen LogP contribution in [0.1, 0.15) is 149 Å². The summed E-state index contributed by atoms with van der Waals surface area (Å²) in [6.45, 7) is 28.3. The van der Waals surface area contributed by atoms with Crippen LogP contribution in [-0.4, -0.2) is 87.1 Å². The Morgan fingerprint density at radius 3 is 1.81 bits per heavy atom. The van der Waals surface area contributed by atoms with E-state index >= 15 is 0 Å². The highest BCUT2D eigenvalue weighted by molar-refractivity contribution is 7.86. The molecule has 6 rings (SSSR count). The summed E-state index contributed by atoms with van der Waals surface area (Å²) in [4.78, 5) is 37.2. The summed E-state index contributed by atoms with van der Waals surface area (Å²) in [7, 11) is -3.85. The van der Waals surface area contributed by atoms with Crippen molar-refractivity contribution < 1.29 is 42.7 Å². The van der Waals surface area contributed by atoms with Crippen molar-refractivity contribution >= 4 is 33.7 Å². The smallest absolute Gasteiger partial charge is 0.336 e. The lowest BCUT2D eigenvalue weighted by Crippen LogP contribution is -2.48. The van der Waals surface area contributed by atoms with Crippen LogP contribution < -0.4 is 4.90 Å². The number of para-hydroxylation sites is 1. The van der Waals surface area contributed by atoms with Gasteiger partial charge in [-0.25, -0.2) is 4.79 Å². The van der Waals surface area contributed by atoms with Gasteiger partial charge in [0.25, 0.3) is 10.1 Å². The number of hydrogen-bond acceptors (Lipinski definition) is 7. The summed E-state index contributed by atoms with van der Waals surface area (Å²) >= 11 is 0. The van der Waals surface area contributed by atoms with Crippen LogP contribution in [0.15, 0.2) is 72.8 Å². The Labute approximate surface area is 371 Å². The van der Waals surface area contributed by atoms with E-state index in [4.69, 9.17) is 5.11 Å². The fourth-order valence-corrected chi connectivity index (χ4v) is 9.68. The first kappa shape index (κ1) is 52.1. The molecule has 12 heteroatoms. The standard InChI is InChI=1S/C17H18O2.C14H19NO2.C11H21NO3S.C8H16O2/c1-17(2,3)13-10-8-12(9-11-13)14-6-4-5-7-15(14)16(18)19;1-14(2,3)15-9-8-11(13(16)17)10-6-4-5-7-12(10)15;1-11(2,3)12-6-8-4-9(7-12)10(5-8)16(13,14)15;1-8(2,3)6-4-5-7(9)10/h4-11H,1-3H3,(H,18,19);4-7,11H,8-9H2,1-3H3,(H,16,17);8-10H,4-7H2,1-3H3,(H,13,14,15);4-6H2,1-3H3,(H,9,10). The third-order valence-corrected chi connectivity index (χ3v) is 13.2. The first-order valence-electron chi connectivity index (χ1n) is 21.9. The van der Waals surface area contributed by atoms with Crippen molar-refractivity contribution in [2.45, 2.75) is 149 Å². The fourth-order valence-electron chi connectivity index (χ4n) is 8.48. The highest BCUT2D eigenvalue weighted by Gasteiger charge is 2.47. The third kappa shape index (κ3) is 15.5. The van der Waals surface area contributed by atoms with Gasteiger partial charge in [0.15, 0.2) is 0 Å². The minimum Gasteiger partial charge on any atom is -0.481 e. The van der Waals surface area contributed by atoms with Gasteiger partial charge in [0.1, 0.15) is 0 Å². The number of fused-ring (bicyclic) bond motifs is 3. The molecule has 2 bridgehead atoms. The van der Waals surface area contributed by atoms with Crippen LogP contribution in [0.4, 0.5) is 5.69 Å². The van der Waals surface area contributed by atoms with Gasteiger partial charge in [-0.2, -0.15) is 8.42 Å². The second-order valence-electron chi connectivity index (χ2n) is 21.3. The number of carboxylic acid groups (broad SMARTS) is 3. The molecule has 2 aliphatic heterocycles. The normalized spacial score (nSPS) is 20.2. The van der Waals surface area contributed by atoms with Crippen LogP contribution in [-0.2, 0) is 25.1 Å². The Balaban J connectivity index is 0.000000225. The quantitative estimate of drug-likeness (QED) is 0.166. The van der Waals surface area contributed by atoms with Crippen LogP contribution >= 0.6 is 0 Å². The van der Waals surface area contributed by atoms with Gasteiger partial charge in [0.2, 0.25) is 0 Å². The Kier molecular flexibility index (Phi) is 17.6. The summed E-state index contributed by atoms with van der Waals surface area (Å²) in [5.41, 5.74) is 5.78. The van der Waals surface area contributed by atoms with Crippen molar-refractivity contribution in [3.05, 3.63) is 89.5 Å². The predicted molar refractivity (Wildman–Crippen MR) is 250 cm³/mol. The largest absolute Gasteiger partial charge is 0.481 e. The van der Waals surface area contributed by atoms with Crippen LogP contribution in [0, 0.1) is 17.3 Å². The Bertz CT molecular complexity index is 2070. The number of aromatic carboxylic acids is 1. The van der Waals surface area contributed by atoms with E-state index in [-0.39, 0.29) is 33.7 Å². The van der Waals surface area contributed by atoms with E-state index in [0.29, 0.717) is 30.7 Å². The maximum absolute atomic E-state index is 11.3. The fraction of sp³-hybridized carbons (Fsp3) is 0.580. The summed E-state index contributed by atoms with van der Waals surface area (Å²) < 4.78 is 31.7. The zero-order valence-electron chi connectivity index (χ0n) is 39.2. The lowest BCUT2D eigenvalue weighted by atomic mass is 9.86. The van der Waals surface area contributed by atoms with Crippen molar-refractivity contribution in [2.24, 2.45) is 17.3 Å². The number of piperidine rings is 1. The molecule has 4 atom stereocenters. The molecule has 0 spiro atoms. The van der Waals surface area contributed by atoms with E-state index < -0.39 is 33.3 Å². The Morgan fingerprint density at radius 1 is 0.726 bits per heavy atom. The maximum Gasteiger partial charge on any atom is 0.336 e. The van der Waals surface area contributed by atoms with Gasteiger partial charge in [0, 0.05) is 42.8 Å². The van der Waals surface area contributed by atoms with Gasteiger partial charge in [-0.1, -0.05) is 102 Å². The molecule has 2 heterocycles. The topological polar surface area (TPSA) is 173 Å². The molecular weight excluding hydrogens is 805 g/mol. The predicted octanol–water partition coefficient (Wildman–Crippen LogP) is 10.9. The van der Waals surface area contributed by atoms with Crippen LogP contribution in [0.3, 0.4) is 0 Å². The molecule has 0 radical (unpaired) electrons. The molecule has 0 amide bonds. The second-order valence-corrected chi connectivity index (χ2v) is 22.9. The first-order chi connectivity index (χ1) is 28.4. The average molecular weight is 879 g/mol. The minimum absolute atomic E-state index is 0.0274. The molecule has 3 aromatic rings. The van der Waals surface area contributed by atoms with Crippen molar-refractivity contribution in [3.8, 4) is 11.1 Å². The zero-order valence-corrected chi connectivity index (χ0v) is 40.1. The third-order valence-electron chi connectivity index (χ3n) is 11.9. The molecule has 11 nitrogen and oxygen atoms in total. The molecule has 4 N–H and O–H groups in total. The summed E-state index contributed by atoms with van der Waals surface area (Å²) in [6, 6.07) is 23.0. The number of aliphatic carboxylic acids is 2. The minimum atomic E-state index is -3.85. The number of rotatable bonds is 7. The van der Waals surface area contributed by atoms with E-state index in [9.17, 15) is 37.6 Å². The monoisotopic (exact) mass is 879 g/mol. The van der Waals surface area contributed by atoms with Gasteiger partial charge in [-0.15, -0.1) is 0 Å². The van der Waals surface area contributed by atoms with Gasteiger partial charge in [0.05, 0.1) is 16.7 Å².